The van der Waals surface area contributed by atoms with Crippen LogP contribution in [0.2, 0.25) is 0 Å². The SMILES string of the molecule is O=C(O)c1ccc(NCC2(O)CCC2)c(F)c1F. The summed E-state index contributed by atoms with van der Waals surface area (Å²) in [5.74, 6) is -4.15. The molecular formula is C12H13F2NO3. The van der Waals surface area contributed by atoms with Gasteiger partial charge in [0.1, 0.15) is 0 Å². The maximum Gasteiger partial charge on any atom is 0.338 e. The number of halogens is 2. The van der Waals surface area contributed by atoms with Crippen LogP contribution in [-0.4, -0.2) is 28.3 Å². The van der Waals surface area contributed by atoms with E-state index < -0.39 is 28.8 Å². The number of aromatic carboxylic acids is 1. The summed E-state index contributed by atoms with van der Waals surface area (Å²) in [6, 6.07) is 2.15. The van der Waals surface area contributed by atoms with E-state index in [1.807, 2.05) is 0 Å². The van der Waals surface area contributed by atoms with Crippen LogP contribution in [0.4, 0.5) is 14.5 Å². The van der Waals surface area contributed by atoms with Crippen LogP contribution in [0.25, 0.3) is 0 Å². The topological polar surface area (TPSA) is 69.6 Å². The fourth-order valence-electron chi connectivity index (χ4n) is 1.87. The minimum atomic E-state index is -1.52. The van der Waals surface area contributed by atoms with E-state index in [1.165, 1.54) is 0 Å². The van der Waals surface area contributed by atoms with E-state index in [0.717, 1.165) is 18.6 Å². The Kier molecular flexibility index (Phi) is 3.21. The first kappa shape index (κ1) is 12.8. The lowest BCUT2D eigenvalue weighted by Gasteiger charge is -2.36. The predicted molar refractivity (Wildman–Crippen MR) is 60.6 cm³/mol. The number of carboxylic acids is 1. The number of aliphatic hydroxyl groups is 1. The third kappa shape index (κ3) is 2.28. The molecule has 98 valence electrons. The summed E-state index contributed by atoms with van der Waals surface area (Å²) in [7, 11) is 0. The van der Waals surface area contributed by atoms with Crippen molar-refractivity contribution in [3.05, 3.63) is 29.3 Å². The van der Waals surface area contributed by atoms with Crippen LogP contribution in [0.3, 0.4) is 0 Å². The molecule has 0 radical (unpaired) electrons. The summed E-state index contributed by atoms with van der Waals surface area (Å²) >= 11 is 0. The molecule has 4 nitrogen and oxygen atoms in total. The van der Waals surface area contributed by atoms with Crippen molar-refractivity contribution in [1.29, 1.82) is 0 Å². The normalized spacial score (nSPS) is 17.1. The molecule has 0 aliphatic heterocycles. The summed E-state index contributed by atoms with van der Waals surface area (Å²) < 4.78 is 26.9. The average Bonchev–Trinajstić information content (AvgIpc) is 2.28. The Bertz CT molecular complexity index is 486. The summed E-state index contributed by atoms with van der Waals surface area (Å²) in [5, 5.41) is 21.0. The van der Waals surface area contributed by atoms with Crippen LogP contribution in [0.1, 0.15) is 29.6 Å². The zero-order chi connectivity index (χ0) is 13.3. The van der Waals surface area contributed by atoms with Gasteiger partial charge in [-0.25, -0.2) is 13.6 Å². The maximum atomic E-state index is 13.5. The molecule has 1 saturated carbocycles. The first-order chi connectivity index (χ1) is 8.43. The summed E-state index contributed by atoms with van der Waals surface area (Å²) in [6.07, 6.45) is 2.15. The quantitative estimate of drug-likeness (QED) is 0.771. The fourth-order valence-corrected chi connectivity index (χ4v) is 1.87. The van der Waals surface area contributed by atoms with Gasteiger partial charge in [-0.2, -0.15) is 0 Å². The Hall–Kier alpha value is -1.69. The molecule has 0 amide bonds. The molecule has 6 heteroatoms. The number of rotatable bonds is 4. The van der Waals surface area contributed by atoms with Crippen LogP contribution in [-0.2, 0) is 0 Å². The first-order valence-corrected chi connectivity index (χ1v) is 5.60. The Balaban J connectivity index is 2.14. The molecule has 1 aliphatic rings. The highest BCUT2D eigenvalue weighted by molar-refractivity contribution is 5.88. The summed E-state index contributed by atoms with van der Waals surface area (Å²) in [4.78, 5) is 10.6. The summed E-state index contributed by atoms with van der Waals surface area (Å²) in [6.45, 7) is 0.121. The van der Waals surface area contributed by atoms with E-state index in [2.05, 4.69) is 5.32 Å². The van der Waals surface area contributed by atoms with Crippen molar-refractivity contribution in [1.82, 2.24) is 0 Å². The Morgan fingerprint density at radius 2 is 2.00 bits per heavy atom. The van der Waals surface area contributed by atoms with Gasteiger partial charge in [-0.05, 0) is 31.4 Å². The molecule has 0 aromatic heterocycles. The maximum absolute atomic E-state index is 13.5. The molecule has 2 rings (SSSR count). The van der Waals surface area contributed by atoms with Gasteiger partial charge < -0.3 is 15.5 Å². The van der Waals surface area contributed by atoms with Gasteiger partial charge >= 0.3 is 5.97 Å². The van der Waals surface area contributed by atoms with Gasteiger partial charge in [0.15, 0.2) is 11.6 Å². The van der Waals surface area contributed by atoms with Gasteiger partial charge in [0.05, 0.1) is 16.9 Å². The lowest BCUT2D eigenvalue weighted by Crippen LogP contribution is -2.43. The molecule has 1 aromatic carbocycles. The molecule has 3 N–H and O–H groups in total. The van der Waals surface area contributed by atoms with Gasteiger partial charge in [-0.3, -0.25) is 0 Å². The molecule has 1 fully saturated rings. The number of anilines is 1. The fraction of sp³-hybridized carbons (Fsp3) is 0.417. The molecule has 1 aromatic rings. The summed E-state index contributed by atoms with van der Waals surface area (Å²) in [5.41, 5.74) is -1.72. The Morgan fingerprint density at radius 1 is 1.33 bits per heavy atom. The lowest BCUT2D eigenvalue weighted by molar-refractivity contribution is -0.0202. The average molecular weight is 257 g/mol. The van der Waals surface area contributed by atoms with Gasteiger partial charge in [-0.15, -0.1) is 0 Å². The van der Waals surface area contributed by atoms with Crippen molar-refractivity contribution in [3.8, 4) is 0 Å². The molecule has 1 aliphatic carbocycles. The van der Waals surface area contributed by atoms with Crippen molar-refractivity contribution in [2.75, 3.05) is 11.9 Å². The first-order valence-electron chi connectivity index (χ1n) is 5.60. The predicted octanol–water partition coefficient (Wildman–Crippen LogP) is 1.99. The Morgan fingerprint density at radius 3 is 2.50 bits per heavy atom. The highest BCUT2D eigenvalue weighted by atomic mass is 19.2. The molecule has 0 atom stereocenters. The second-order valence-electron chi connectivity index (χ2n) is 4.53. The van der Waals surface area contributed by atoms with E-state index in [-0.39, 0.29) is 12.2 Å². The number of hydrogen-bond donors (Lipinski definition) is 3. The molecule has 0 bridgehead atoms. The molecule has 0 unspecified atom stereocenters. The molecule has 0 saturated heterocycles. The van der Waals surface area contributed by atoms with Gasteiger partial charge in [0.2, 0.25) is 0 Å². The van der Waals surface area contributed by atoms with Crippen LogP contribution in [0.5, 0.6) is 0 Å². The monoisotopic (exact) mass is 257 g/mol. The van der Waals surface area contributed by atoms with Gasteiger partial charge in [-0.1, -0.05) is 0 Å². The van der Waals surface area contributed by atoms with Crippen LogP contribution < -0.4 is 5.32 Å². The van der Waals surface area contributed by atoms with E-state index in [9.17, 15) is 18.7 Å². The highest BCUT2D eigenvalue weighted by Crippen LogP contribution is 2.32. The van der Waals surface area contributed by atoms with E-state index in [0.29, 0.717) is 12.8 Å². The zero-order valence-corrected chi connectivity index (χ0v) is 9.54. The minimum Gasteiger partial charge on any atom is -0.478 e. The van der Waals surface area contributed by atoms with Crippen molar-refractivity contribution in [2.45, 2.75) is 24.9 Å². The second kappa shape index (κ2) is 4.53. The van der Waals surface area contributed by atoms with E-state index in [4.69, 9.17) is 5.11 Å². The van der Waals surface area contributed by atoms with Crippen LogP contribution in [0.15, 0.2) is 12.1 Å². The van der Waals surface area contributed by atoms with Gasteiger partial charge in [0, 0.05) is 6.54 Å². The molecule has 0 spiro atoms. The van der Waals surface area contributed by atoms with Crippen molar-refractivity contribution >= 4 is 11.7 Å². The molecular weight excluding hydrogens is 244 g/mol. The van der Waals surface area contributed by atoms with Crippen molar-refractivity contribution in [2.24, 2.45) is 0 Å². The largest absolute Gasteiger partial charge is 0.478 e. The lowest BCUT2D eigenvalue weighted by atomic mass is 9.80. The third-order valence-corrected chi connectivity index (χ3v) is 3.20. The van der Waals surface area contributed by atoms with Gasteiger partial charge in [0.25, 0.3) is 0 Å². The number of nitrogens with one attached hydrogen (secondary N) is 1. The van der Waals surface area contributed by atoms with E-state index in [1.54, 1.807) is 0 Å². The smallest absolute Gasteiger partial charge is 0.338 e. The molecule has 0 heterocycles. The third-order valence-electron chi connectivity index (χ3n) is 3.20. The van der Waals surface area contributed by atoms with Crippen molar-refractivity contribution in [3.63, 3.8) is 0 Å². The number of hydrogen-bond acceptors (Lipinski definition) is 3. The minimum absolute atomic E-state index is 0.121. The molecule has 18 heavy (non-hydrogen) atoms. The standard InChI is InChI=1S/C12H13F2NO3/c13-9-7(11(16)17)2-3-8(10(9)14)15-6-12(18)4-1-5-12/h2-3,15,18H,1,4-6H2,(H,16,17). The van der Waals surface area contributed by atoms with Crippen LogP contribution in [0, 0.1) is 11.6 Å². The highest BCUT2D eigenvalue weighted by Gasteiger charge is 2.34. The van der Waals surface area contributed by atoms with Crippen LogP contribution >= 0.6 is 0 Å². The zero-order valence-electron chi connectivity index (χ0n) is 9.54. The Labute approximate surface area is 102 Å². The number of carbonyl (C=O) groups is 1. The van der Waals surface area contributed by atoms with Crippen molar-refractivity contribution < 1.29 is 23.8 Å². The van der Waals surface area contributed by atoms with E-state index >= 15 is 0 Å². The number of carboxylic acid groups (broad SMARTS) is 1. The number of benzene rings is 1. The second-order valence-corrected chi connectivity index (χ2v) is 4.53.